The van der Waals surface area contributed by atoms with E-state index in [4.69, 9.17) is 4.74 Å². The van der Waals surface area contributed by atoms with Gasteiger partial charge in [0.2, 0.25) is 0 Å². The number of halogens is 1. The summed E-state index contributed by atoms with van der Waals surface area (Å²) in [6.07, 6.45) is 2.20. The van der Waals surface area contributed by atoms with Crippen LogP contribution in [0.5, 0.6) is 5.75 Å². The molecule has 18 heavy (non-hydrogen) atoms. The van der Waals surface area contributed by atoms with Gasteiger partial charge < -0.3 is 14.7 Å². The number of ether oxygens (including phenoxy) is 1. The first-order valence-electron chi connectivity index (χ1n) is 6.41. The molecule has 0 bridgehead atoms. The monoisotopic (exact) mass is 313 g/mol. The number of aliphatic hydroxyl groups is 1. The van der Waals surface area contributed by atoms with Gasteiger partial charge >= 0.3 is 0 Å². The standard InChI is InChI=1S/C14H20BrNO2/c1-16(10-13(17)11-6-7-11)8-9-18-14-5-3-2-4-12(14)15/h2-5,11,13,17H,6-10H2,1H3. The third-order valence-corrected chi connectivity index (χ3v) is 3.89. The molecule has 0 radical (unpaired) electrons. The van der Waals surface area contributed by atoms with Gasteiger partial charge in [0.25, 0.3) is 0 Å². The number of hydrogen-bond acceptors (Lipinski definition) is 3. The van der Waals surface area contributed by atoms with Gasteiger partial charge in [-0.05, 0) is 53.9 Å². The van der Waals surface area contributed by atoms with Gasteiger partial charge in [0.15, 0.2) is 0 Å². The van der Waals surface area contributed by atoms with E-state index in [0.717, 1.165) is 23.3 Å². The third kappa shape index (κ3) is 4.26. The van der Waals surface area contributed by atoms with E-state index >= 15 is 0 Å². The fourth-order valence-electron chi connectivity index (χ4n) is 1.91. The lowest BCUT2D eigenvalue weighted by atomic mass is 10.2. The molecule has 1 N–H and O–H groups in total. The number of para-hydroxylation sites is 1. The maximum atomic E-state index is 9.83. The fourth-order valence-corrected chi connectivity index (χ4v) is 2.31. The Morgan fingerprint density at radius 1 is 1.44 bits per heavy atom. The molecule has 3 nitrogen and oxygen atoms in total. The van der Waals surface area contributed by atoms with Crippen LogP contribution in [0.3, 0.4) is 0 Å². The molecule has 0 aromatic heterocycles. The van der Waals surface area contributed by atoms with E-state index in [9.17, 15) is 5.11 Å². The minimum Gasteiger partial charge on any atom is -0.491 e. The van der Waals surface area contributed by atoms with Crippen molar-refractivity contribution in [2.24, 2.45) is 5.92 Å². The molecule has 100 valence electrons. The summed E-state index contributed by atoms with van der Waals surface area (Å²) >= 11 is 3.45. The first-order chi connectivity index (χ1) is 8.66. The number of benzene rings is 1. The normalized spacial score (nSPS) is 16.9. The average Bonchev–Trinajstić information content (AvgIpc) is 3.15. The van der Waals surface area contributed by atoms with E-state index in [1.54, 1.807) is 0 Å². The van der Waals surface area contributed by atoms with E-state index in [-0.39, 0.29) is 6.10 Å². The molecule has 4 heteroatoms. The molecule has 1 aromatic carbocycles. The summed E-state index contributed by atoms with van der Waals surface area (Å²) in [6.45, 7) is 2.20. The summed E-state index contributed by atoms with van der Waals surface area (Å²) in [5, 5.41) is 9.83. The summed E-state index contributed by atoms with van der Waals surface area (Å²) in [7, 11) is 2.02. The summed E-state index contributed by atoms with van der Waals surface area (Å²) in [5.41, 5.74) is 0. The van der Waals surface area contributed by atoms with E-state index in [1.165, 1.54) is 12.8 Å². The van der Waals surface area contributed by atoms with Crippen LogP contribution >= 0.6 is 15.9 Å². The van der Waals surface area contributed by atoms with Crippen LogP contribution in [0.25, 0.3) is 0 Å². The quantitative estimate of drug-likeness (QED) is 0.839. The molecule has 2 rings (SSSR count). The van der Waals surface area contributed by atoms with Gasteiger partial charge in [-0.15, -0.1) is 0 Å². The zero-order chi connectivity index (χ0) is 13.0. The van der Waals surface area contributed by atoms with E-state index in [2.05, 4.69) is 20.8 Å². The van der Waals surface area contributed by atoms with Crippen LogP contribution in [0.2, 0.25) is 0 Å². The second-order valence-corrected chi connectivity index (χ2v) is 5.80. The van der Waals surface area contributed by atoms with E-state index < -0.39 is 0 Å². The Morgan fingerprint density at radius 3 is 2.83 bits per heavy atom. The highest BCUT2D eigenvalue weighted by Gasteiger charge is 2.30. The van der Waals surface area contributed by atoms with Crippen molar-refractivity contribution in [3.8, 4) is 5.75 Å². The molecule has 1 unspecified atom stereocenters. The van der Waals surface area contributed by atoms with E-state index in [1.807, 2.05) is 31.3 Å². The highest BCUT2D eigenvalue weighted by atomic mass is 79.9. The summed E-state index contributed by atoms with van der Waals surface area (Å²) < 4.78 is 6.67. The SMILES string of the molecule is CN(CCOc1ccccc1Br)CC(O)C1CC1. The smallest absolute Gasteiger partial charge is 0.133 e. The lowest BCUT2D eigenvalue weighted by molar-refractivity contribution is 0.0998. The average molecular weight is 314 g/mol. The summed E-state index contributed by atoms with van der Waals surface area (Å²) in [5.74, 6) is 1.41. The first-order valence-corrected chi connectivity index (χ1v) is 7.20. The predicted molar refractivity (Wildman–Crippen MR) is 75.9 cm³/mol. The van der Waals surface area contributed by atoms with Crippen LogP contribution in [0.1, 0.15) is 12.8 Å². The third-order valence-electron chi connectivity index (χ3n) is 3.23. The minimum absolute atomic E-state index is 0.168. The molecule has 1 saturated carbocycles. The topological polar surface area (TPSA) is 32.7 Å². The van der Waals surface area contributed by atoms with Crippen LogP contribution < -0.4 is 4.74 Å². The number of hydrogen-bond donors (Lipinski definition) is 1. The van der Waals surface area contributed by atoms with Crippen LogP contribution in [0.15, 0.2) is 28.7 Å². The molecule has 0 heterocycles. The molecule has 0 spiro atoms. The highest BCUT2D eigenvalue weighted by Crippen LogP contribution is 2.32. The Labute approximate surface area is 117 Å². The maximum absolute atomic E-state index is 9.83. The van der Waals surface area contributed by atoms with Gasteiger partial charge in [0.05, 0.1) is 10.6 Å². The fraction of sp³-hybridized carbons (Fsp3) is 0.571. The molecule has 1 aliphatic carbocycles. The van der Waals surface area contributed by atoms with Gasteiger partial charge in [-0.3, -0.25) is 0 Å². The van der Waals surface area contributed by atoms with Gasteiger partial charge in [-0.25, -0.2) is 0 Å². The largest absolute Gasteiger partial charge is 0.491 e. The molecular weight excluding hydrogens is 294 g/mol. The van der Waals surface area contributed by atoms with Crippen LogP contribution in [-0.4, -0.2) is 42.9 Å². The van der Waals surface area contributed by atoms with Crippen molar-refractivity contribution >= 4 is 15.9 Å². The lowest BCUT2D eigenvalue weighted by Crippen LogP contribution is -2.33. The minimum atomic E-state index is -0.168. The van der Waals surface area contributed by atoms with Crippen molar-refractivity contribution in [3.05, 3.63) is 28.7 Å². The molecule has 1 aliphatic rings. The Kier molecular flexibility index (Phi) is 5.03. The summed E-state index contributed by atoms with van der Waals surface area (Å²) in [4.78, 5) is 2.12. The van der Waals surface area contributed by atoms with Gasteiger partial charge in [0, 0.05) is 13.1 Å². The number of nitrogens with zero attached hydrogens (tertiary/aromatic N) is 1. The Balaban J connectivity index is 1.66. The van der Waals surface area contributed by atoms with Gasteiger partial charge in [-0.2, -0.15) is 0 Å². The second kappa shape index (κ2) is 6.55. The number of aliphatic hydroxyl groups excluding tert-OH is 1. The van der Waals surface area contributed by atoms with Crippen molar-refractivity contribution in [1.29, 1.82) is 0 Å². The summed E-state index contributed by atoms with van der Waals surface area (Å²) in [6, 6.07) is 7.84. The predicted octanol–water partition coefficient (Wildman–Crippen LogP) is 2.53. The highest BCUT2D eigenvalue weighted by molar-refractivity contribution is 9.10. The number of rotatable bonds is 7. The van der Waals surface area contributed by atoms with Crippen LogP contribution in [-0.2, 0) is 0 Å². The molecular formula is C14H20BrNO2. The van der Waals surface area contributed by atoms with Crippen LogP contribution in [0, 0.1) is 5.92 Å². The maximum Gasteiger partial charge on any atom is 0.133 e. The molecule has 1 aromatic rings. The van der Waals surface area contributed by atoms with Crippen molar-refractivity contribution in [3.63, 3.8) is 0 Å². The first kappa shape index (κ1) is 13.8. The molecule has 1 fully saturated rings. The van der Waals surface area contributed by atoms with Crippen molar-refractivity contribution in [1.82, 2.24) is 4.90 Å². The van der Waals surface area contributed by atoms with Crippen molar-refractivity contribution < 1.29 is 9.84 Å². The molecule has 1 atom stereocenters. The van der Waals surface area contributed by atoms with Gasteiger partial charge in [-0.1, -0.05) is 12.1 Å². The molecule has 0 amide bonds. The zero-order valence-electron chi connectivity index (χ0n) is 10.7. The Bertz CT molecular complexity index is 382. The zero-order valence-corrected chi connectivity index (χ0v) is 12.3. The Morgan fingerprint density at radius 2 is 2.17 bits per heavy atom. The molecule has 0 saturated heterocycles. The molecule has 0 aliphatic heterocycles. The lowest BCUT2D eigenvalue weighted by Gasteiger charge is -2.20. The van der Waals surface area contributed by atoms with Crippen molar-refractivity contribution in [2.45, 2.75) is 18.9 Å². The van der Waals surface area contributed by atoms with Crippen LogP contribution in [0.4, 0.5) is 0 Å². The van der Waals surface area contributed by atoms with Crippen molar-refractivity contribution in [2.75, 3.05) is 26.7 Å². The van der Waals surface area contributed by atoms with E-state index in [0.29, 0.717) is 12.5 Å². The van der Waals surface area contributed by atoms with Gasteiger partial charge in [0.1, 0.15) is 12.4 Å². The number of likely N-dealkylation sites (N-methyl/N-ethyl adjacent to an activating group) is 1. The Hall–Kier alpha value is -0.580. The second-order valence-electron chi connectivity index (χ2n) is 4.95.